The Morgan fingerprint density at radius 2 is 2.16 bits per heavy atom. The summed E-state index contributed by atoms with van der Waals surface area (Å²) in [6, 6.07) is 6.86. The van der Waals surface area contributed by atoms with Gasteiger partial charge in [0, 0.05) is 6.92 Å². The molecule has 2 aromatic rings. The maximum atomic E-state index is 11.6. The maximum Gasteiger partial charge on any atom is 0.330 e. The summed E-state index contributed by atoms with van der Waals surface area (Å²) < 4.78 is 6.50. The second kappa shape index (κ2) is 5.51. The Morgan fingerprint density at radius 3 is 2.84 bits per heavy atom. The van der Waals surface area contributed by atoms with E-state index in [1.165, 1.54) is 14.0 Å². The number of benzene rings is 1. The number of hydrogen-bond donors (Lipinski definition) is 1. The number of hydrogen-bond acceptors (Lipinski definition) is 4. The first-order valence-electron chi connectivity index (χ1n) is 5.86. The molecule has 1 aromatic heterocycles. The van der Waals surface area contributed by atoms with Crippen LogP contribution in [0.4, 0.5) is 0 Å². The number of amides is 1. The molecule has 0 bridgehead atoms. The average Bonchev–Trinajstić information content (AvgIpc) is 2.80. The van der Waals surface area contributed by atoms with E-state index >= 15 is 0 Å². The van der Waals surface area contributed by atoms with Gasteiger partial charge in [0.15, 0.2) is 0 Å². The summed E-state index contributed by atoms with van der Waals surface area (Å²) in [5.41, 5.74) is 1.75. The molecule has 1 amide bonds. The van der Waals surface area contributed by atoms with Gasteiger partial charge in [-0.25, -0.2) is 9.78 Å². The van der Waals surface area contributed by atoms with Crippen LogP contribution in [0.1, 0.15) is 6.92 Å². The van der Waals surface area contributed by atoms with Crippen LogP contribution >= 0.6 is 0 Å². The quantitative estimate of drug-likeness (QED) is 0.823. The lowest BCUT2D eigenvalue weighted by Crippen LogP contribution is -2.43. The second-order valence-electron chi connectivity index (χ2n) is 4.16. The van der Waals surface area contributed by atoms with Gasteiger partial charge in [0.25, 0.3) is 0 Å². The van der Waals surface area contributed by atoms with Crippen molar-refractivity contribution in [3.8, 4) is 0 Å². The van der Waals surface area contributed by atoms with Gasteiger partial charge in [-0.05, 0) is 12.1 Å². The maximum absolute atomic E-state index is 11.6. The van der Waals surface area contributed by atoms with Crippen molar-refractivity contribution in [1.29, 1.82) is 0 Å². The van der Waals surface area contributed by atoms with E-state index in [1.54, 1.807) is 6.33 Å². The van der Waals surface area contributed by atoms with Crippen LogP contribution in [0, 0.1) is 0 Å². The lowest BCUT2D eigenvalue weighted by atomic mass is 10.2. The van der Waals surface area contributed by atoms with Crippen molar-refractivity contribution >= 4 is 22.9 Å². The largest absolute Gasteiger partial charge is 0.467 e. The van der Waals surface area contributed by atoms with Gasteiger partial charge in [-0.3, -0.25) is 4.79 Å². The summed E-state index contributed by atoms with van der Waals surface area (Å²) >= 11 is 0. The highest BCUT2D eigenvalue weighted by molar-refractivity contribution is 5.83. The molecule has 0 aliphatic rings. The highest BCUT2D eigenvalue weighted by Gasteiger charge is 2.21. The zero-order valence-electron chi connectivity index (χ0n) is 10.8. The molecule has 0 fully saturated rings. The molecular weight excluding hydrogens is 246 g/mol. The van der Waals surface area contributed by atoms with E-state index in [9.17, 15) is 9.59 Å². The molecule has 1 atom stereocenters. The molecule has 0 radical (unpaired) electrons. The first-order chi connectivity index (χ1) is 9.11. The molecule has 6 nitrogen and oxygen atoms in total. The van der Waals surface area contributed by atoms with Gasteiger partial charge in [-0.1, -0.05) is 12.1 Å². The molecule has 100 valence electrons. The number of rotatable bonds is 4. The summed E-state index contributed by atoms with van der Waals surface area (Å²) in [4.78, 5) is 27.0. The summed E-state index contributed by atoms with van der Waals surface area (Å²) in [6.07, 6.45) is 1.64. The lowest BCUT2D eigenvalue weighted by molar-refractivity contribution is -0.145. The summed E-state index contributed by atoms with van der Waals surface area (Å²) in [6.45, 7) is 1.65. The number of aromatic nitrogens is 2. The zero-order valence-corrected chi connectivity index (χ0v) is 10.8. The number of ether oxygens (including phenoxy) is 1. The highest BCUT2D eigenvalue weighted by atomic mass is 16.5. The van der Waals surface area contributed by atoms with Gasteiger partial charge in [0.1, 0.15) is 6.04 Å². The van der Waals surface area contributed by atoms with Crippen LogP contribution in [0.25, 0.3) is 11.0 Å². The molecule has 1 unspecified atom stereocenters. The van der Waals surface area contributed by atoms with E-state index in [1.807, 2.05) is 28.8 Å². The fourth-order valence-electron chi connectivity index (χ4n) is 1.92. The van der Waals surface area contributed by atoms with E-state index < -0.39 is 12.0 Å². The summed E-state index contributed by atoms with van der Waals surface area (Å²) in [7, 11) is 1.29. The Bertz CT molecular complexity index is 606. The standard InChI is InChI=1S/C13H15N3O3/c1-9(17)15-11(13(18)19-2)7-16-8-14-10-5-3-4-6-12(10)16/h3-6,8,11H,7H2,1-2H3,(H,15,17). The fourth-order valence-corrected chi connectivity index (χ4v) is 1.92. The highest BCUT2D eigenvalue weighted by Crippen LogP contribution is 2.12. The van der Waals surface area contributed by atoms with Gasteiger partial charge >= 0.3 is 5.97 Å². The molecule has 0 saturated heterocycles. The van der Waals surface area contributed by atoms with Crippen LogP contribution in [-0.2, 0) is 20.9 Å². The molecule has 0 saturated carbocycles. The van der Waals surface area contributed by atoms with Crippen LogP contribution in [-0.4, -0.2) is 34.6 Å². The number of carbonyl (C=O) groups excluding carboxylic acids is 2. The number of nitrogens with one attached hydrogen (secondary N) is 1. The van der Waals surface area contributed by atoms with E-state index in [0.717, 1.165) is 11.0 Å². The zero-order chi connectivity index (χ0) is 13.8. The number of carbonyl (C=O) groups is 2. The SMILES string of the molecule is COC(=O)C(Cn1cnc2ccccc21)NC(C)=O. The van der Waals surface area contributed by atoms with Crippen molar-refractivity contribution in [2.75, 3.05) is 7.11 Å². The average molecular weight is 261 g/mol. The van der Waals surface area contributed by atoms with Crippen LogP contribution in [0.5, 0.6) is 0 Å². The van der Waals surface area contributed by atoms with Crippen LogP contribution in [0.3, 0.4) is 0 Å². The topological polar surface area (TPSA) is 73.2 Å². The third-order valence-corrected chi connectivity index (χ3v) is 2.77. The first kappa shape index (κ1) is 13.1. The van der Waals surface area contributed by atoms with Gasteiger partial charge in [0.2, 0.25) is 5.91 Å². The molecule has 1 heterocycles. The van der Waals surface area contributed by atoms with Gasteiger partial charge < -0.3 is 14.6 Å². The van der Waals surface area contributed by atoms with Crippen molar-refractivity contribution in [3.05, 3.63) is 30.6 Å². The predicted molar refractivity (Wildman–Crippen MR) is 69.4 cm³/mol. The Morgan fingerprint density at radius 1 is 1.42 bits per heavy atom. The molecule has 0 spiro atoms. The summed E-state index contributed by atoms with van der Waals surface area (Å²) in [5.74, 6) is -0.757. The van der Waals surface area contributed by atoms with Crippen LogP contribution in [0.2, 0.25) is 0 Å². The summed E-state index contributed by atoms with van der Waals surface area (Å²) in [5, 5.41) is 2.57. The number of nitrogens with zero attached hydrogens (tertiary/aromatic N) is 2. The van der Waals surface area contributed by atoms with Crippen LogP contribution < -0.4 is 5.32 Å². The Hall–Kier alpha value is -2.37. The minimum Gasteiger partial charge on any atom is -0.467 e. The fraction of sp³-hybridized carbons (Fsp3) is 0.308. The number of imidazole rings is 1. The van der Waals surface area contributed by atoms with Crippen molar-refractivity contribution < 1.29 is 14.3 Å². The van der Waals surface area contributed by atoms with Crippen molar-refractivity contribution in [3.63, 3.8) is 0 Å². The Balaban J connectivity index is 2.25. The second-order valence-corrected chi connectivity index (χ2v) is 4.16. The van der Waals surface area contributed by atoms with Crippen molar-refractivity contribution in [2.24, 2.45) is 0 Å². The van der Waals surface area contributed by atoms with E-state index in [4.69, 9.17) is 0 Å². The van der Waals surface area contributed by atoms with E-state index in [2.05, 4.69) is 15.0 Å². The molecule has 19 heavy (non-hydrogen) atoms. The third kappa shape index (κ3) is 2.90. The molecule has 0 aliphatic heterocycles. The molecule has 6 heteroatoms. The van der Waals surface area contributed by atoms with E-state index in [-0.39, 0.29) is 12.5 Å². The molecule has 1 N–H and O–H groups in total. The van der Waals surface area contributed by atoms with Crippen molar-refractivity contribution in [1.82, 2.24) is 14.9 Å². The minimum atomic E-state index is -0.722. The Labute approximate surface area is 110 Å². The van der Waals surface area contributed by atoms with Gasteiger partial charge in [-0.2, -0.15) is 0 Å². The normalized spacial score (nSPS) is 12.1. The number of methoxy groups -OCH3 is 1. The first-order valence-corrected chi connectivity index (χ1v) is 5.86. The lowest BCUT2D eigenvalue weighted by Gasteiger charge is -2.16. The molecule has 0 aliphatic carbocycles. The number of para-hydroxylation sites is 2. The molecular formula is C13H15N3O3. The van der Waals surface area contributed by atoms with Gasteiger partial charge in [-0.15, -0.1) is 0 Å². The Kier molecular flexibility index (Phi) is 3.79. The van der Waals surface area contributed by atoms with Crippen LogP contribution in [0.15, 0.2) is 30.6 Å². The van der Waals surface area contributed by atoms with Crippen molar-refractivity contribution in [2.45, 2.75) is 19.5 Å². The smallest absolute Gasteiger partial charge is 0.330 e. The predicted octanol–water partition coefficient (Wildman–Crippen LogP) is 0.714. The molecule has 2 rings (SSSR count). The van der Waals surface area contributed by atoms with E-state index in [0.29, 0.717) is 0 Å². The minimum absolute atomic E-state index is 0.278. The number of fused-ring (bicyclic) bond motifs is 1. The monoisotopic (exact) mass is 261 g/mol. The third-order valence-electron chi connectivity index (χ3n) is 2.77. The van der Waals surface area contributed by atoms with Gasteiger partial charge in [0.05, 0.1) is 31.0 Å². The molecule has 1 aromatic carbocycles. The number of esters is 1.